The molecule has 0 heterocycles. The minimum atomic E-state index is -0.359. The number of carbonyl (C=O) groups excluding carboxylic acids is 1. The van der Waals surface area contributed by atoms with Crippen LogP contribution in [0, 0.1) is 0 Å². The van der Waals surface area contributed by atoms with Crippen LogP contribution in [0.15, 0.2) is 0 Å². The van der Waals surface area contributed by atoms with Gasteiger partial charge in [0.2, 0.25) is 5.91 Å². The summed E-state index contributed by atoms with van der Waals surface area (Å²) in [5.41, 5.74) is 5.70. The summed E-state index contributed by atoms with van der Waals surface area (Å²) in [5, 5.41) is 3.16. The van der Waals surface area contributed by atoms with Gasteiger partial charge in [-0.3, -0.25) is 4.79 Å². The number of ether oxygens (including phenoxy) is 1. The van der Waals surface area contributed by atoms with Crippen LogP contribution in [0.3, 0.4) is 0 Å². The Balaban J connectivity index is 0.00000220. The van der Waals surface area contributed by atoms with Gasteiger partial charge in [-0.2, -0.15) is 0 Å². The van der Waals surface area contributed by atoms with Crippen LogP contribution >= 0.6 is 12.4 Å². The van der Waals surface area contributed by atoms with Crippen LogP contribution in [0.2, 0.25) is 0 Å². The minimum absolute atomic E-state index is 0. The molecule has 4 nitrogen and oxygen atoms in total. The molecule has 0 aromatic rings. The number of nitrogens with two attached hydrogens (primary N) is 1. The summed E-state index contributed by atoms with van der Waals surface area (Å²) >= 11 is 0. The van der Waals surface area contributed by atoms with Gasteiger partial charge in [0.05, 0.1) is 11.6 Å². The topological polar surface area (TPSA) is 64.3 Å². The number of hydrogen-bond donors (Lipinski definition) is 2. The molecule has 0 spiro atoms. The number of rotatable bonds is 5. The molecule has 5 heteroatoms. The van der Waals surface area contributed by atoms with Crippen molar-refractivity contribution in [2.24, 2.45) is 5.73 Å². The molecular formula is C16H31ClN2O2. The van der Waals surface area contributed by atoms with Crippen molar-refractivity contribution < 1.29 is 9.53 Å². The molecule has 0 aromatic heterocycles. The second kappa shape index (κ2) is 8.96. The molecule has 1 atom stereocenters. The molecule has 2 rings (SSSR count). The first kappa shape index (κ1) is 18.7. The number of amides is 1. The van der Waals surface area contributed by atoms with Crippen LogP contribution in [-0.4, -0.2) is 30.2 Å². The van der Waals surface area contributed by atoms with Crippen molar-refractivity contribution in [3.05, 3.63) is 0 Å². The van der Waals surface area contributed by atoms with Crippen molar-refractivity contribution in [1.82, 2.24) is 5.32 Å². The molecule has 0 aromatic carbocycles. The quantitative estimate of drug-likeness (QED) is 0.766. The summed E-state index contributed by atoms with van der Waals surface area (Å²) in [4.78, 5) is 12.3. The summed E-state index contributed by atoms with van der Waals surface area (Å²) in [7, 11) is 0. The normalized spacial score (nSPS) is 23.9. The van der Waals surface area contributed by atoms with Gasteiger partial charge in [-0.05, 0) is 32.6 Å². The molecule has 2 saturated carbocycles. The summed E-state index contributed by atoms with van der Waals surface area (Å²) < 4.78 is 5.98. The fraction of sp³-hybridized carbons (Fsp3) is 0.938. The van der Waals surface area contributed by atoms with E-state index in [1.165, 1.54) is 25.7 Å². The van der Waals surface area contributed by atoms with Crippen LogP contribution in [-0.2, 0) is 9.53 Å². The Hall–Kier alpha value is -0.320. The summed E-state index contributed by atoms with van der Waals surface area (Å²) in [6.45, 7) is 2.41. The van der Waals surface area contributed by atoms with Crippen LogP contribution in [0.25, 0.3) is 0 Å². The van der Waals surface area contributed by atoms with Crippen LogP contribution in [0.1, 0.15) is 71.1 Å². The van der Waals surface area contributed by atoms with Gasteiger partial charge in [-0.1, -0.05) is 38.5 Å². The fourth-order valence-electron chi connectivity index (χ4n) is 3.52. The molecule has 0 radical (unpaired) electrons. The van der Waals surface area contributed by atoms with Gasteiger partial charge in [0, 0.05) is 6.54 Å². The molecule has 0 bridgehead atoms. The highest BCUT2D eigenvalue weighted by Crippen LogP contribution is 2.29. The van der Waals surface area contributed by atoms with E-state index in [4.69, 9.17) is 10.5 Å². The van der Waals surface area contributed by atoms with E-state index in [0.717, 1.165) is 38.5 Å². The number of hydrogen-bond acceptors (Lipinski definition) is 3. The van der Waals surface area contributed by atoms with Crippen molar-refractivity contribution in [3.63, 3.8) is 0 Å². The van der Waals surface area contributed by atoms with Gasteiger partial charge in [0.15, 0.2) is 0 Å². The summed E-state index contributed by atoms with van der Waals surface area (Å²) in [6, 6.07) is 0. The van der Waals surface area contributed by atoms with Crippen molar-refractivity contribution in [3.8, 4) is 0 Å². The van der Waals surface area contributed by atoms with Gasteiger partial charge < -0.3 is 15.8 Å². The zero-order valence-corrected chi connectivity index (χ0v) is 14.1. The molecule has 2 aliphatic carbocycles. The SMILES string of the molecule is CC(OC1CCCCCC1)C(=O)NC1(CN)CCCC1.Cl. The van der Waals surface area contributed by atoms with E-state index in [1.807, 2.05) is 6.92 Å². The molecule has 1 unspecified atom stereocenters. The largest absolute Gasteiger partial charge is 0.365 e. The molecule has 2 fully saturated rings. The third kappa shape index (κ3) is 5.42. The Morgan fingerprint density at radius 2 is 1.76 bits per heavy atom. The Bertz CT molecular complexity index is 311. The van der Waals surface area contributed by atoms with Crippen molar-refractivity contribution in [1.29, 1.82) is 0 Å². The fourth-order valence-corrected chi connectivity index (χ4v) is 3.52. The Morgan fingerprint density at radius 1 is 1.19 bits per heavy atom. The maximum absolute atomic E-state index is 12.3. The Kier molecular flexibility index (Phi) is 7.99. The van der Waals surface area contributed by atoms with Gasteiger partial charge in [-0.25, -0.2) is 0 Å². The van der Waals surface area contributed by atoms with Crippen molar-refractivity contribution >= 4 is 18.3 Å². The lowest BCUT2D eigenvalue weighted by molar-refractivity contribution is -0.137. The molecule has 1 amide bonds. The molecule has 21 heavy (non-hydrogen) atoms. The van der Waals surface area contributed by atoms with Crippen molar-refractivity contribution in [2.75, 3.05) is 6.54 Å². The highest BCUT2D eigenvalue weighted by atomic mass is 35.5. The smallest absolute Gasteiger partial charge is 0.249 e. The molecule has 0 aliphatic heterocycles. The second-order valence-corrected chi connectivity index (χ2v) is 6.57. The second-order valence-electron chi connectivity index (χ2n) is 6.57. The van der Waals surface area contributed by atoms with E-state index in [-0.39, 0.29) is 36.1 Å². The van der Waals surface area contributed by atoms with Crippen LogP contribution < -0.4 is 11.1 Å². The van der Waals surface area contributed by atoms with E-state index >= 15 is 0 Å². The van der Waals surface area contributed by atoms with E-state index in [2.05, 4.69) is 5.32 Å². The lowest BCUT2D eigenvalue weighted by Crippen LogP contribution is -2.54. The predicted octanol–water partition coefficient (Wildman–Crippen LogP) is 2.92. The monoisotopic (exact) mass is 318 g/mol. The Labute approximate surface area is 135 Å². The van der Waals surface area contributed by atoms with Gasteiger partial charge >= 0.3 is 0 Å². The first-order chi connectivity index (χ1) is 9.65. The lowest BCUT2D eigenvalue weighted by atomic mass is 9.97. The molecule has 124 valence electrons. The van der Waals surface area contributed by atoms with Crippen LogP contribution in [0.5, 0.6) is 0 Å². The molecule has 3 N–H and O–H groups in total. The van der Waals surface area contributed by atoms with Gasteiger partial charge in [0.25, 0.3) is 0 Å². The number of carbonyl (C=O) groups is 1. The first-order valence-corrected chi connectivity index (χ1v) is 8.33. The van der Waals surface area contributed by atoms with E-state index < -0.39 is 0 Å². The maximum Gasteiger partial charge on any atom is 0.249 e. The van der Waals surface area contributed by atoms with E-state index in [1.54, 1.807) is 0 Å². The van der Waals surface area contributed by atoms with Crippen molar-refractivity contribution in [2.45, 2.75) is 88.9 Å². The standard InChI is InChI=1S/C16H30N2O2.ClH/c1-13(20-14-8-4-2-3-5-9-14)15(19)18-16(12-17)10-6-7-11-16;/h13-14H,2-12,17H2,1H3,(H,18,19);1H. The molecule has 0 saturated heterocycles. The van der Waals surface area contributed by atoms with Crippen LogP contribution in [0.4, 0.5) is 0 Å². The maximum atomic E-state index is 12.3. The predicted molar refractivity (Wildman–Crippen MR) is 87.7 cm³/mol. The Morgan fingerprint density at radius 3 is 2.29 bits per heavy atom. The third-order valence-electron chi connectivity index (χ3n) is 4.91. The summed E-state index contributed by atoms with van der Waals surface area (Å²) in [6.07, 6.45) is 11.5. The average Bonchev–Trinajstić information content (AvgIpc) is 2.76. The highest BCUT2D eigenvalue weighted by molar-refractivity contribution is 5.85. The number of halogens is 1. The van der Waals surface area contributed by atoms with E-state index in [9.17, 15) is 4.79 Å². The third-order valence-corrected chi connectivity index (χ3v) is 4.91. The highest BCUT2D eigenvalue weighted by Gasteiger charge is 2.35. The molecular weight excluding hydrogens is 288 g/mol. The zero-order valence-electron chi connectivity index (χ0n) is 13.2. The molecule has 2 aliphatic rings. The first-order valence-electron chi connectivity index (χ1n) is 8.33. The zero-order chi connectivity index (χ0) is 14.4. The van der Waals surface area contributed by atoms with Gasteiger partial charge in [-0.15, -0.1) is 12.4 Å². The minimum Gasteiger partial charge on any atom is -0.365 e. The summed E-state index contributed by atoms with van der Waals surface area (Å²) in [5.74, 6) is 0.0154. The number of nitrogens with one attached hydrogen (secondary N) is 1. The average molecular weight is 319 g/mol. The van der Waals surface area contributed by atoms with Gasteiger partial charge in [0.1, 0.15) is 6.10 Å². The van der Waals surface area contributed by atoms with E-state index in [0.29, 0.717) is 6.54 Å². The lowest BCUT2D eigenvalue weighted by Gasteiger charge is -2.31.